The van der Waals surface area contributed by atoms with Crippen LogP contribution in [0.1, 0.15) is 10.4 Å². The molecule has 3 aromatic carbocycles. The zero-order valence-corrected chi connectivity index (χ0v) is 19.4. The maximum Gasteiger partial charge on any atom is 0.263 e. The highest BCUT2D eigenvalue weighted by molar-refractivity contribution is 7.92. The first-order valence-corrected chi connectivity index (χ1v) is 12.3. The number of benzene rings is 3. The maximum atomic E-state index is 13.1. The number of piperazine rings is 1. The molecule has 1 heterocycles. The van der Waals surface area contributed by atoms with Crippen LogP contribution in [0.5, 0.6) is 0 Å². The predicted octanol–water partition coefficient (Wildman–Crippen LogP) is 4.76. The highest BCUT2D eigenvalue weighted by Gasteiger charge is 2.25. The third kappa shape index (κ3) is 4.85. The third-order valence-electron chi connectivity index (χ3n) is 5.27. The molecule has 1 saturated heterocycles. The predicted molar refractivity (Wildman–Crippen MR) is 128 cm³/mol. The van der Waals surface area contributed by atoms with Gasteiger partial charge >= 0.3 is 0 Å². The van der Waals surface area contributed by atoms with E-state index in [2.05, 4.69) is 9.62 Å². The smallest absolute Gasteiger partial charge is 0.263 e. The summed E-state index contributed by atoms with van der Waals surface area (Å²) < 4.78 is 28.3. The second kappa shape index (κ2) is 9.40. The summed E-state index contributed by atoms with van der Waals surface area (Å²) >= 11 is 12.3. The number of sulfonamides is 1. The number of hydrogen-bond acceptors (Lipinski definition) is 4. The Labute approximate surface area is 197 Å². The molecular weight excluding hydrogens is 469 g/mol. The molecule has 0 atom stereocenters. The molecule has 0 bridgehead atoms. The van der Waals surface area contributed by atoms with E-state index in [4.69, 9.17) is 23.2 Å². The first-order valence-electron chi connectivity index (χ1n) is 10.0. The quantitative estimate of drug-likeness (QED) is 0.560. The van der Waals surface area contributed by atoms with Crippen LogP contribution in [0.2, 0.25) is 10.0 Å². The Morgan fingerprint density at radius 1 is 0.812 bits per heavy atom. The van der Waals surface area contributed by atoms with Crippen LogP contribution >= 0.6 is 23.2 Å². The Morgan fingerprint density at radius 2 is 1.47 bits per heavy atom. The molecule has 1 amide bonds. The van der Waals surface area contributed by atoms with Crippen LogP contribution in [-0.4, -0.2) is 45.4 Å². The van der Waals surface area contributed by atoms with Gasteiger partial charge in [-0.05, 0) is 42.5 Å². The molecule has 1 aliphatic heterocycles. The molecule has 6 nitrogen and oxygen atoms in total. The van der Waals surface area contributed by atoms with Crippen LogP contribution < -0.4 is 9.62 Å². The van der Waals surface area contributed by atoms with Crippen molar-refractivity contribution in [2.24, 2.45) is 0 Å². The molecule has 0 radical (unpaired) electrons. The van der Waals surface area contributed by atoms with Gasteiger partial charge in [0.15, 0.2) is 0 Å². The fraction of sp³-hybridized carbons (Fsp3) is 0.174. The van der Waals surface area contributed by atoms with E-state index in [-0.39, 0.29) is 32.1 Å². The molecule has 166 valence electrons. The number of nitrogens with zero attached hydrogens (tertiary/aromatic N) is 2. The number of carbonyl (C=O) groups excluding carboxylic acids is 1. The van der Waals surface area contributed by atoms with Gasteiger partial charge in [-0.2, -0.15) is 0 Å². The fourth-order valence-corrected chi connectivity index (χ4v) is 5.42. The van der Waals surface area contributed by atoms with Crippen molar-refractivity contribution in [2.45, 2.75) is 4.90 Å². The zero-order valence-electron chi connectivity index (χ0n) is 17.0. The summed E-state index contributed by atoms with van der Waals surface area (Å²) in [5, 5.41) is 0.283. The lowest BCUT2D eigenvalue weighted by Gasteiger charge is -2.36. The van der Waals surface area contributed by atoms with Crippen molar-refractivity contribution in [1.29, 1.82) is 0 Å². The zero-order chi connectivity index (χ0) is 22.7. The Balaban J connectivity index is 1.51. The van der Waals surface area contributed by atoms with Gasteiger partial charge in [0.1, 0.15) is 4.90 Å². The second-order valence-corrected chi connectivity index (χ2v) is 9.81. The van der Waals surface area contributed by atoms with Gasteiger partial charge in [-0.1, -0.05) is 53.5 Å². The van der Waals surface area contributed by atoms with E-state index in [1.165, 1.54) is 12.1 Å². The van der Waals surface area contributed by atoms with Crippen molar-refractivity contribution in [1.82, 2.24) is 4.90 Å². The fourth-order valence-electron chi connectivity index (χ4n) is 3.58. The second-order valence-electron chi connectivity index (χ2n) is 7.35. The molecule has 1 fully saturated rings. The average Bonchev–Trinajstić information content (AvgIpc) is 2.81. The molecule has 9 heteroatoms. The van der Waals surface area contributed by atoms with Gasteiger partial charge in [0, 0.05) is 37.4 Å². The van der Waals surface area contributed by atoms with Crippen molar-refractivity contribution in [3.8, 4) is 0 Å². The molecule has 32 heavy (non-hydrogen) atoms. The number of nitrogens with one attached hydrogen (secondary N) is 1. The van der Waals surface area contributed by atoms with Gasteiger partial charge in [-0.3, -0.25) is 9.52 Å². The van der Waals surface area contributed by atoms with Crippen molar-refractivity contribution < 1.29 is 13.2 Å². The van der Waals surface area contributed by atoms with E-state index < -0.39 is 10.0 Å². The van der Waals surface area contributed by atoms with Gasteiger partial charge < -0.3 is 9.80 Å². The van der Waals surface area contributed by atoms with E-state index in [0.717, 1.165) is 5.69 Å². The normalized spacial score (nSPS) is 14.3. The summed E-state index contributed by atoms with van der Waals surface area (Å²) in [6.07, 6.45) is 0. The van der Waals surface area contributed by atoms with Gasteiger partial charge in [0.25, 0.3) is 15.9 Å². The number of anilines is 2. The SMILES string of the molecule is O=C(c1ccc(Cl)c(S(=O)(=O)Nc2ccccc2Cl)c1)N1CCN(c2ccccc2)CC1. The lowest BCUT2D eigenvalue weighted by atomic mass is 10.1. The highest BCUT2D eigenvalue weighted by atomic mass is 35.5. The van der Waals surface area contributed by atoms with E-state index in [1.807, 2.05) is 30.3 Å². The Bertz CT molecular complexity index is 1230. The van der Waals surface area contributed by atoms with Crippen LogP contribution in [0.15, 0.2) is 77.7 Å². The summed E-state index contributed by atoms with van der Waals surface area (Å²) in [6.45, 7) is 2.47. The minimum absolute atomic E-state index is 0.0231. The molecule has 4 rings (SSSR count). The number of amides is 1. The molecule has 0 spiro atoms. The van der Waals surface area contributed by atoms with Gasteiger partial charge in [-0.25, -0.2) is 8.42 Å². The number of para-hydroxylation sites is 2. The van der Waals surface area contributed by atoms with Crippen LogP contribution in [0.25, 0.3) is 0 Å². The first-order chi connectivity index (χ1) is 15.3. The monoisotopic (exact) mass is 489 g/mol. The molecule has 0 aliphatic carbocycles. The first kappa shape index (κ1) is 22.5. The lowest BCUT2D eigenvalue weighted by Crippen LogP contribution is -2.48. The van der Waals surface area contributed by atoms with Crippen molar-refractivity contribution >= 4 is 50.5 Å². The summed E-state index contributed by atoms with van der Waals surface area (Å²) in [7, 11) is -4.04. The number of rotatable bonds is 5. The number of halogens is 2. The molecule has 1 aliphatic rings. The van der Waals surface area contributed by atoms with Crippen molar-refractivity contribution in [3.05, 3.63) is 88.4 Å². The highest BCUT2D eigenvalue weighted by Crippen LogP contribution is 2.28. The van der Waals surface area contributed by atoms with E-state index in [1.54, 1.807) is 35.2 Å². The van der Waals surface area contributed by atoms with Crippen LogP contribution in [0, 0.1) is 0 Å². The molecule has 0 aromatic heterocycles. The molecule has 1 N–H and O–H groups in total. The molecule has 0 saturated carbocycles. The van der Waals surface area contributed by atoms with Crippen LogP contribution in [0.3, 0.4) is 0 Å². The Kier molecular flexibility index (Phi) is 6.60. The third-order valence-corrected chi connectivity index (χ3v) is 7.45. The largest absolute Gasteiger partial charge is 0.368 e. The number of hydrogen-bond donors (Lipinski definition) is 1. The van der Waals surface area contributed by atoms with Crippen molar-refractivity contribution in [2.75, 3.05) is 35.8 Å². The Hall–Kier alpha value is -2.74. The summed E-state index contributed by atoms with van der Waals surface area (Å²) in [4.78, 5) is 16.8. The minimum atomic E-state index is -4.04. The number of carbonyl (C=O) groups is 1. The topological polar surface area (TPSA) is 69.7 Å². The van der Waals surface area contributed by atoms with Crippen molar-refractivity contribution in [3.63, 3.8) is 0 Å². The molecule has 0 unspecified atom stereocenters. The Morgan fingerprint density at radius 3 is 2.16 bits per heavy atom. The van der Waals surface area contributed by atoms with E-state index >= 15 is 0 Å². The van der Waals surface area contributed by atoms with Crippen LogP contribution in [-0.2, 0) is 10.0 Å². The summed E-state index contributed by atoms with van der Waals surface area (Å²) in [5.41, 5.74) is 1.62. The standard InChI is InChI=1S/C23H21Cl2N3O3S/c24-19-8-4-5-9-21(19)26-32(30,31)22-16-17(10-11-20(22)25)23(29)28-14-12-27(13-15-28)18-6-2-1-3-7-18/h1-11,16,26H,12-15H2. The van der Waals surface area contributed by atoms with Gasteiger partial charge in [-0.15, -0.1) is 0 Å². The van der Waals surface area contributed by atoms with E-state index in [0.29, 0.717) is 26.2 Å². The van der Waals surface area contributed by atoms with E-state index in [9.17, 15) is 13.2 Å². The van der Waals surface area contributed by atoms with Crippen LogP contribution in [0.4, 0.5) is 11.4 Å². The minimum Gasteiger partial charge on any atom is -0.368 e. The summed E-state index contributed by atoms with van der Waals surface area (Å²) in [6, 6.07) is 20.8. The van der Waals surface area contributed by atoms with Gasteiger partial charge in [0.05, 0.1) is 15.7 Å². The summed E-state index contributed by atoms with van der Waals surface area (Å²) in [5.74, 6) is -0.233. The molecular formula is C23H21Cl2N3O3S. The average molecular weight is 490 g/mol. The van der Waals surface area contributed by atoms with Gasteiger partial charge in [0.2, 0.25) is 0 Å². The molecule has 3 aromatic rings. The maximum absolute atomic E-state index is 13.1. The lowest BCUT2D eigenvalue weighted by molar-refractivity contribution is 0.0746.